The standard InChI is InChI=1S/C14H13BrO3/c1-9(14(16)17-2)18-12-8-7-10-5-3-4-6-11(10)13(12)15/h3-9H,1-2H3/t9-/m0/s1. The maximum Gasteiger partial charge on any atom is 0.346 e. The lowest BCUT2D eigenvalue weighted by Gasteiger charge is -2.14. The predicted octanol–water partition coefficient (Wildman–Crippen LogP) is 3.54. The van der Waals surface area contributed by atoms with Crippen LogP contribution < -0.4 is 4.74 Å². The number of carbonyl (C=O) groups excluding carboxylic acids is 1. The summed E-state index contributed by atoms with van der Waals surface area (Å²) in [4.78, 5) is 11.3. The van der Waals surface area contributed by atoms with Crippen molar-refractivity contribution in [3.05, 3.63) is 40.9 Å². The Labute approximate surface area is 114 Å². The minimum absolute atomic E-state index is 0.393. The Hall–Kier alpha value is -1.55. The van der Waals surface area contributed by atoms with Gasteiger partial charge in [-0.2, -0.15) is 0 Å². The molecule has 2 aromatic rings. The summed E-state index contributed by atoms with van der Waals surface area (Å²) in [5.41, 5.74) is 0. The molecule has 0 N–H and O–H groups in total. The van der Waals surface area contributed by atoms with Crippen molar-refractivity contribution in [3.63, 3.8) is 0 Å². The molecule has 0 aliphatic carbocycles. The van der Waals surface area contributed by atoms with Gasteiger partial charge in [-0.05, 0) is 39.7 Å². The molecule has 0 fully saturated rings. The van der Waals surface area contributed by atoms with Gasteiger partial charge in [-0.3, -0.25) is 0 Å². The van der Waals surface area contributed by atoms with Crippen LogP contribution in [-0.4, -0.2) is 19.2 Å². The number of fused-ring (bicyclic) bond motifs is 1. The van der Waals surface area contributed by atoms with Crippen molar-refractivity contribution in [2.45, 2.75) is 13.0 Å². The van der Waals surface area contributed by atoms with Crippen LogP contribution in [0, 0.1) is 0 Å². The van der Waals surface area contributed by atoms with Crippen molar-refractivity contribution in [2.24, 2.45) is 0 Å². The summed E-state index contributed by atoms with van der Waals surface area (Å²) in [5.74, 6) is 0.238. The van der Waals surface area contributed by atoms with E-state index in [1.807, 2.05) is 36.4 Å². The first-order chi connectivity index (χ1) is 8.63. The molecule has 2 aromatic carbocycles. The zero-order chi connectivity index (χ0) is 13.1. The number of esters is 1. The lowest BCUT2D eigenvalue weighted by molar-refractivity contribution is -0.147. The molecule has 0 aliphatic heterocycles. The second-order valence-electron chi connectivity index (χ2n) is 3.88. The second-order valence-corrected chi connectivity index (χ2v) is 4.68. The number of carbonyl (C=O) groups is 1. The molecule has 2 rings (SSSR count). The fourth-order valence-electron chi connectivity index (χ4n) is 1.71. The van der Waals surface area contributed by atoms with Crippen molar-refractivity contribution in [3.8, 4) is 5.75 Å². The highest BCUT2D eigenvalue weighted by Crippen LogP contribution is 2.33. The van der Waals surface area contributed by atoms with Crippen LogP contribution in [0.4, 0.5) is 0 Å². The minimum atomic E-state index is -0.632. The molecule has 0 spiro atoms. The molecule has 0 heterocycles. The van der Waals surface area contributed by atoms with Crippen LogP contribution in [0.3, 0.4) is 0 Å². The zero-order valence-electron chi connectivity index (χ0n) is 10.1. The van der Waals surface area contributed by atoms with Crippen molar-refractivity contribution >= 4 is 32.7 Å². The van der Waals surface area contributed by atoms with E-state index in [4.69, 9.17) is 4.74 Å². The van der Waals surface area contributed by atoms with Gasteiger partial charge in [0.15, 0.2) is 6.10 Å². The van der Waals surface area contributed by atoms with E-state index >= 15 is 0 Å². The van der Waals surface area contributed by atoms with Gasteiger partial charge in [-0.25, -0.2) is 4.79 Å². The van der Waals surface area contributed by atoms with E-state index in [2.05, 4.69) is 20.7 Å². The molecule has 0 unspecified atom stereocenters. The third-order valence-corrected chi connectivity index (χ3v) is 3.48. The molecule has 3 nitrogen and oxygen atoms in total. The van der Waals surface area contributed by atoms with Gasteiger partial charge in [0.1, 0.15) is 5.75 Å². The number of hydrogen-bond donors (Lipinski definition) is 0. The quantitative estimate of drug-likeness (QED) is 0.814. The monoisotopic (exact) mass is 308 g/mol. The first-order valence-electron chi connectivity index (χ1n) is 5.55. The van der Waals surface area contributed by atoms with E-state index in [-0.39, 0.29) is 0 Å². The minimum Gasteiger partial charge on any atom is -0.478 e. The third-order valence-electron chi connectivity index (χ3n) is 2.66. The van der Waals surface area contributed by atoms with Crippen molar-refractivity contribution in [1.29, 1.82) is 0 Å². The molecule has 94 valence electrons. The molecule has 0 radical (unpaired) electrons. The van der Waals surface area contributed by atoms with Crippen LogP contribution >= 0.6 is 15.9 Å². The predicted molar refractivity (Wildman–Crippen MR) is 73.8 cm³/mol. The van der Waals surface area contributed by atoms with E-state index in [0.717, 1.165) is 15.2 Å². The zero-order valence-corrected chi connectivity index (χ0v) is 11.7. The highest BCUT2D eigenvalue weighted by atomic mass is 79.9. The van der Waals surface area contributed by atoms with Crippen LogP contribution in [-0.2, 0) is 9.53 Å². The van der Waals surface area contributed by atoms with Gasteiger partial charge in [0, 0.05) is 0 Å². The largest absolute Gasteiger partial charge is 0.478 e. The number of rotatable bonds is 3. The van der Waals surface area contributed by atoms with E-state index < -0.39 is 12.1 Å². The summed E-state index contributed by atoms with van der Waals surface area (Å²) in [7, 11) is 1.34. The number of ether oxygens (including phenoxy) is 2. The van der Waals surface area contributed by atoms with E-state index in [1.165, 1.54) is 7.11 Å². The lowest BCUT2D eigenvalue weighted by Crippen LogP contribution is -2.25. The number of halogens is 1. The van der Waals surface area contributed by atoms with E-state index in [9.17, 15) is 4.79 Å². The smallest absolute Gasteiger partial charge is 0.346 e. The Morgan fingerprint density at radius 2 is 1.94 bits per heavy atom. The van der Waals surface area contributed by atoms with Crippen molar-refractivity contribution < 1.29 is 14.3 Å². The lowest BCUT2D eigenvalue weighted by atomic mass is 10.1. The van der Waals surface area contributed by atoms with Crippen LogP contribution in [0.5, 0.6) is 5.75 Å². The summed E-state index contributed by atoms with van der Waals surface area (Å²) < 4.78 is 11.1. The molecule has 18 heavy (non-hydrogen) atoms. The highest BCUT2D eigenvalue weighted by Gasteiger charge is 2.16. The number of methoxy groups -OCH3 is 1. The van der Waals surface area contributed by atoms with Gasteiger partial charge in [0.05, 0.1) is 11.6 Å². The Morgan fingerprint density at radius 3 is 2.67 bits per heavy atom. The molecule has 0 aliphatic rings. The van der Waals surface area contributed by atoms with Gasteiger partial charge < -0.3 is 9.47 Å². The Balaban J connectivity index is 2.35. The van der Waals surface area contributed by atoms with Gasteiger partial charge in [0.2, 0.25) is 0 Å². The van der Waals surface area contributed by atoms with Crippen LogP contribution in [0.1, 0.15) is 6.92 Å². The molecule has 0 saturated heterocycles. The fourth-order valence-corrected chi connectivity index (χ4v) is 2.30. The molecule has 0 bridgehead atoms. The van der Waals surface area contributed by atoms with Gasteiger partial charge in [-0.1, -0.05) is 30.3 Å². The topological polar surface area (TPSA) is 35.5 Å². The maximum absolute atomic E-state index is 11.3. The first kappa shape index (κ1) is 12.9. The van der Waals surface area contributed by atoms with Crippen molar-refractivity contribution in [1.82, 2.24) is 0 Å². The van der Waals surface area contributed by atoms with Crippen LogP contribution in [0.25, 0.3) is 10.8 Å². The van der Waals surface area contributed by atoms with Crippen LogP contribution in [0.2, 0.25) is 0 Å². The Bertz CT molecular complexity index is 580. The average molecular weight is 309 g/mol. The summed E-state index contributed by atoms with van der Waals surface area (Å²) in [6, 6.07) is 11.8. The summed E-state index contributed by atoms with van der Waals surface area (Å²) in [5, 5.41) is 2.16. The fraction of sp³-hybridized carbons (Fsp3) is 0.214. The molecule has 0 aromatic heterocycles. The van der Waals surface area contributed by atoms with E-state index in [0.29, 0.717) is 5.75 Å². The van der Waals surface area contributed by atoms with Gasteiger partial charge in [0.25, 0.3) is 0 Å². The first-order valence-corrected chi connectivity index (χ1v) is 6.34. The Morgan fingerprint density at radius 1 is 1.22 bits per heavy atom. The van der Waals surface area contributed by atoms with E-state index in [1.54, 1.807) is 6.92 Å². The molecule has 0 amide bonds. The molecular formula is C14H13BrO3. The summed E-state index contributed by atoms with van der Waals surface area (Å²) in [6.45, 7) is 1.66. The molecule has 0 saturated carbocycles. The van der Waals surface area contributed by atoms with Crippen LogP contribution in [0.15, 0.2) is 40.9 Å². The number of benzene rings is 2. The summed E-state index contributed by atoms with van der Waals surface area (Å²) >= 11 is 3.50. The van der Waals surface area contributed by atoms with Crippen molar-refractivity contribution in [2.75, 3.05) is 7.11 Å². The third kappa shape index (κ3) is 2.48. The molecule has 4 heteroatoms. The summed E-state index contributed by atoms with van der Waals surface area (Å²) in [6.07, 6.45) is -0.632. The second kappa shape index (κ2) is 5.40. The maximum atomic E-state index is 11.3. The van der Waals surface area contributed by atoms with Gasteiger partial charge in [-0.15, -0.1) is 0 Å². The molecular weight excluding hydrogens is 296 g/mol. The molecule has 1 atom stereocenters. The average Bonchev–Trinajstić information content (AvgIpc) is 2.41. The van der Waals surface area contributed by atoms with Gasteiger partial charge >= 0.3 is 5.97 Å². The normalized spacial score (nSPS) is 12.2. The SMILES string of the molecule is COC(=O)[C@H](C)Oc1ccc2ccccc2c1Br. The number of hydrogen-bond acceptors (Lipinski definition) is 3. The Kier molecular flexibility index (Phi) is 3.87. The highest BCUT2D eigenvalue weighted by molar-refractivity contribution is 9.10.